The van der Waals surface area contributed by atoms with E-state index >= 15 is 0 Å². The van der Waals surface area contributed by atoms with Crippen LogP contribution in [-0.2, 0) is 12.1 Å². The summed E-state index contributed by atoms with van der Waals surface area (Å²) in [5, 5.41) is 41.0. The number of aromatic nitrogens is 4. The molecule has 4 aromatic rings. The van der Waals surface area contributed by atoms with Gasteiger partial charge in [0.25, 0.3) is 5.91 Å². The van der Waals surface area contributed by atoms with Crippen LogP contribution in [0.3, 0.4) is 0 Å². The second-order valence-corrected chi connectivity index (χ2v) is 9.63. The third kappa shape index (κ3) is 5.41. The fourth-order valence-electron chi connectivity index (χ4n) is 3.49. The van der Waals surface area contributed by atoms with Crippen LogP contribution >= 0.6 is 11.3 Å². The maximum Gasteiger partial charge on any atom is 0.251 e. The zero-order chi connectivity index (χ0) is 26.0. The molecule has 10 nitrogen and oxygen atoms in total. The van der Waals surface area contributed by atoms with Crippen molar-refractivity contribution >= 4 is 28.1 Å². The Labute approximate surface area is 209 Å². The van der Waals surface area contributed by atoms with E-state index in [1.165, 1.54) is 23.0 Å². The van der Waals surface area contributed by atoms with Crippen molar-refractivity contribution in [1.29, 1.82) is 0 Å². The molecule has 0 aliphatic rings. The first kappa shape index (κ1) is 25.4. The molecule has 6 N–H and O–H groups in total. The Morgan fingerprint density at radius 2 is 2.03 bits per heavy atom. The molecule has 0 fully saturated rings. The Bertz CT molecular complexity index is 1400. The molecule has 0 saturated heterocycles. The lowest BCUT2D eigenvalue weighted by Crippen LogP contribution is -2.15. The highest BCUT2D eigenvalue weighted by Crippen LogP contribution is 2.39. The predicted molar refractivity (Wildman–Crippen MR) is 132 cm³/mol. The summed E-state index contributed by atoms with van der Waals surface area (Å²) in [7, 11) is 0. The largest absolute Gasteiger partial charge is 0.394 e. The highest BCUT2D eigenvalue weighted by molar-refractivity contribution is 7.19. The van der Waals surface area contributed by atoms with Crippen LogP contribution < -0.4 is 11.1 Å². The lowest BCUT2D eigenvalue weighted by Gasteiger charge is -2.18. The number of hydrogen-bond donors (Lipinski definition) is 5. The number of nitrogens with one attached hydrogen (secondary N) is 1. The van der Waals surface area contributed by atoms with Gasteiger partial charge in [-0.1, -0.05) is 23.4 Å². The van der Waals surface area contributed by atoms with Crippen LogP contribution in [0.25, 0.3) is 10.4 Å². The molecule has 36 heavy (non-hydrogen) atoms. The van der Waals surface area contributed by atoms with Crippen molar-refractivity contribution in [2.75, 3.05) is 11.9 Å². The molecule has 4 rings (SSSR count). The number of carbonyl (C=O) groups excluding carboxylic acids is 1. The maximum absolute atomic E-state index is 14.9. The maximum atomic E-state index is 14.9. The molecule has 12 heteroatoms. The van der Waals surface area contributed by atoms with E-state index in [9.17, 15) is 19.4 Å². The number of nitrogens with zero attached hydrogens (tertiary/aromatic N) is 4. The summed E-state index contributed by atoms with van der Waals surface area (Å²) >= 11 is 1.12. The number of rotatable bonds is 9. The molecule has 0 saturated carbocycles. The van der Waals surface area contributed by atoms with E-state index in [1.54, 1.807) is 44.2 Å². The van der Waals surface area contributed by atoms with Crippen molar-refractivity contribution < 1.29 is 24.5 Å². The summed E-state index contributed by atoms with van der Waals surface area (Å²) in [6, 6.07) is 10.8. The molecule has 0 bridgehead atoms. The first-order valence-electron chi connectivity index (χ1n) is 11.0. The van der Waals surface area contributed by atoms with E-state index in [1.807, 2.05) is 0 Å². The van der Waals surface area contributed by atoms with E-state index in [-0.39, 0.29) is 35.7 Å². The van der Waals surface area contributed by atoms with Crippen LogP contribution in [0, 0.1) is 5.82 Å². The van der Waals surface area contributed by atoms with E-state index in [4.69, 9.17) is 10.8 Å². The van der Waals surface area contributed by atoms with Crippen LogP contribution in [0.15, 0.2) is 48.7 Å². The standard InChI is InChI=1S/C24H25FN6O4S/c1-24(2,35)13-6-7-14(16(25)10-13)19-11-15(22(26)34)23(36-19)28-20-5-3-4-17(27-20)21(33)18-12-31(8-9-32)30-29-18/h3-7,10-12,21,32-33,35H,8-9H2,1-2H3,(H2,26,34)(H,27,28). The number of amides is 1. The fraction of sp³-hybridized carbons (Fsp3) is 0.250. The molecule has 0 aliphatic carbocycles. The monoisotopic (exact) mass is 512 g/mol. The minimum absolute atomic E-state index is 0.116. The first-order valence-corrected chi connectivity index (χ1v) is 11.8. The molecule has 0 radical (unpaired) electrons. The number of aliphatic hydroxyl groups is 3. The first-order chi connectivity index (χ1) is 17.1. The smallest absolute Gasteiger partial charge is 0.251 e. The summed E-state index contributed by atoms with van der Waals surface area (Å²) < 4.78 is 16.3. The Morgan fingerprint density at radius 3 is 2.69 bits per heavy atom. The van der Waals surface area contributed by atoms with Crippen molar-refractivity contribution in [3.63, 3.8) is 0 Å². The highest BCUT2D eigenvalue weighted by atomic mass is 32.1. The Hall–Kier alpha value is -3.71. The number of thiophene rings is 1. The Kier molecular flexibility index (Phi) is 7.13. The number of benzene rings is 1. The van der Waals surface area contributed by atoms with Gasteiger partial charge in [0.05, 0.1) is 36.2 Å². The Morgan fingerprint density at radius 1 is 1.25 bits per heavy atom. The van der Waals surface area contributed by atoms with Gasteiger partial charge in [0.2, 0.25) is 0 Å². The number of anilines is 2. The molecule has 3 heterocycles. The third-order valence-electron chi connectivity index (χ3n) is 5.40. The van der Waals surface area contributed by atoms with Gasteiger partial charge in [-0.2, -0.15) is 0 Å². The summed E-state index contributed by atoms with van der Waals surface area (Å²) in [6.45, 7) is 3.26. The van der Waals surface area contributed by atoms with Crippen LogP contribution in [0.1, 0.15) is 47.3 Å². The van der Waals surface area contributed by atoms with E-state index < -0.39 is 23.4 Å². The molecule has 1 atom stereocenters. The zero-order valence-electron chi connectivity index (χ0n) is 19.5. The zero-order valence-corrected chi connectivity index (χ0v) is 20.3. The van der Waals surface area contributed by atoms with Gasteiger partial charge in [-0.3, -0.25) is 4.79 Å². The Balaban J connectivity index is 1.62. The average Bonchev–Trinajstić information content (AvgIpc) is 3.46. The van der Waals surface area contributed by atoms with Gasteiger partial charge >= 0.3 is 0 Å². The van der Waals surface area contributed by atoms with Crippen molar-refractivity contribution in [3.05, 3.63) is 77.0 Å². The van der Waals surface area contributed by atoms with E-state index in [0.717, 1.165) is 11.3 Å². The van der Waals surface area contributed by atoms with Crippen LogP contribution in [0.2, 0.25) is 0 Å². The minimum Gasteiger partial charge on any atom is -0.394 e. The molecule has 0 aliphatic heterocycles. The topological polar surface area (TPSA) is 159 Å². The van der Waals surface area contributed by atoms with Crippen LogP contribution in [0.4, 0.5) is 15.2 Å². The number of primary amides is 1. The molecule has 3 aromatic heterocycles. The van der Waals surface area contributed by atoms with Crippen molar-refractivity contribution in [2.24, 2.45) is 5.73 Å². The highest BCUT2D eigenvalue weighted by Gasteiger charge is 2.22. The number of pyridine rings is 1. The van der Waals surface area contributed by atoms with Gasteiger partial charge in [-0.05, 0) is 43.7 Å². The average molecular weight is 513 g/mol. The predicted octanol–water partition coefficient (Wildman–Crippen LogP) is 2.68. The summed E-state index contributed by atoms with van der Waals surface area (Å²) in [5.41, 5.74) is 5.73. The van der Waals surface area contributed by atoms with Gasteiger partial charge in [0, 0.05) is 10.4 Å². The van der Waals surface area contributed by atoms with Crippen LogP contribution in [0.5, 0.6) is 0 Å². The molecule has 1 amide bonds. The lowest BCUT2D eigenvalue weighted by atomic mass is 9.96. The van der Waals surface area contributed by atoms with Gasteiger partial charge < -0.3 is 26.4 Å². The molecule has 188 valence electrons. The molecular formula is C24H25FN6O4S. The fourth-order valence-corrected chi connectivity index (χ4v) is 4.58. The number of halogens is 1. The second kappa shape index (κ2) is 10.1. The van der Waals surface area contributed by atoms with Crippen molar-refractivity contribution in [2.45, 2.75) is 32.1 Å². The summed E-state index contributed by atoms with van der Waals surface area (Å²) in [6.07, 6.45) is 0.342. The van der Waals surface area contributed by atoms with Gasteiger partial charge in [-0.15, -0.1) is 16.4 Å². The minimum atomic E-state index is -1.20. The van der Waals surface area contributed by atoms with Crippen molar-refractivity contribution in [3.8, 4) is 10.4 Å². The third-order valence-corrected chi connectivity index (χ3v) is 6.48. The lowest BCUT2D eigenvalue weighted by molar-refractivity contribution is 0.0782. The van der Waals surface area contributed by atoms with Crippen molar-refractivity contribution in [1.82, 2.24) is 20.0 Å². The molecule has 1 unspecified atom stereocenters. The van der Waals surface area contributed by atoms with Gasteiger partial charge in [-0.25, -0.2) is 14.1 Å². The van der Waals surface area contributed by atoms with Gasteiger partial charge in [0.15, 0.2) is 0 Å². The molecule has 0 spiro atoms. The van der Waals surface area contributed by atoms with Gasteiger partial charge in [0.1, 0.15) is 28.4 Å². The SMILES string of the molecule is CC(C)(O)c1ccc(-c2cc(C(N)=O)c(Nc3cccc(C(O)c4cn(CCO)nn4)n3)s2)c(F)c1. The number of aliphatic hydroxyl groups excluding tert-OH is 2. The van der Waals surface area contributed by atoms with E-state index in [0.29, 0.717) is 21.3 Å². The van der Waals surface area contributed by atoms with Crippen LogP contribution in [-0.4, -0.2) is 47.8 Å². The number of hydrogen-bond acceptors (Lipinski definition) is 9. The molecular weight excluding hydrogens is 487 g/mol. The van der Waals surface area contributed by atoms with E-state index in [2.05, 4.69) is 20.6 Å². The number of carbonyl (C=O) groups is 1. The summed E-state index contributed by atoms with van der Waals surface area (Å²) in [4.78, 5) is 17.0. The number of nitrogens with two attached hydrogens (primary N) is 1. The quantitative estimate of drug-likeness (QED) is 0.229. The second-order valence-electron chi connectivity index (χ2n) is 8.58. The normalized spacial score (nSPS) is 12.5. The molecule has 1 aromatic carbocycles. The summed E-state index contributed by atoms with van der Waals surface area (Å²) in [5.74, 6) is -0.927.